The Hall–Kier alpha value is -1.56. The number of benzene rings is 1. The summed E-state index contributed by atoms with van der Waals surface area (Å²) in [5, 5.41) is 18.9. The molecule has 4 nitrogen and oxygen atoms in total. The first-order valence-corrected chi connectivity index (χ1v) is 5.90. The molecule has 19 heavy (non-hydrogen) atoms. The number of aromatic nitrogens is 1. The molecule has 0 spiro atoms. The van der Waals surface area contributed by atoms with E-state index in [1.807, 2.05) is 0 Å². The van der Waals surface area contributed by atoms with Gasteiger partial charge in [-0.25, -0.2) is 4.39 Å². The van der Waals surface area contributed by atoms with E-state index in [9.17, 15) is 19.4 Å². The summed E-state index contributed by atoms with van der Waals surface area (Å²) in [7, 11) is 0. The van der Waals surface area contributed by atoms with Gasteiger partial charge in [0.2, 0.25) is 0 Å². The van der Waals surface area contributed by atoms with E-state index in [0.29, 0.717) is 0 Å². The Kier molecular flexibility index (Phi) is 3.80. The topological polar surface area (TPSA) is 62.5 Å². The van der Waals surface area contributed by atoms with Crippen LogP contribution in [0.4, 0.5) is 4.39 Å². The van der Waals surface area contributed by atoms with E-state index >= 15 is 0 Å². The van der Waals surface area contributed by atoms with Crippen LogP contribution in [0.15, 0.2) is 29.1 Å². The predicted molar refractivity (Wildman–Crippen MR) is 70.0 cm³/mol. The molecule has 1 aromatic heterocycles. The lowest BCUT2D eigenvalue weighted by Gasteiger charge is -2.14. The highest BCUT2D eigenvalue weighted by Gasteiger charge is 2.17. The van der Waals surface area contributed by atoms with Gasteiger partial charge < -0.3 is 10.2 Å². The van der Waals surface area contributed by atoms with Crippen LogP contribution >= 0.6 is 23.2 Å². The predicted octanol–water partition coefficient (Wildman–Crippen LogP) is 2.62. The molecule has 0 aliphatic rings. The molecule has 1 heterocycles. The van der Waals surface area contributed by atoms with E-state index in [2.05, 4.69) is 0 Å². The minimum absolute atomic E-state index is 0.000720. The van der Waals surface area contributed by atoms with E-state index in [-0.39, 0.29) is 27.1 Å². The maximum atomic E-state index is 13.0. The Balaban J connectivity index is 2.82. The second kappa shape index (κ2) is 5.21. The molecule has 7 heteroatoms. The van der Waals surface area contributed by atoms with Gasteiger partial charge in [0.15, 0.2) is 0 Å². The number of pyridine rings is 1. The molecular weight excluding hydrogens is 296 g/mol. The maximum absolute atomic E-state index is 13.0. The van der Waals surface area contributed by atoms with Crippen LogP contribution in [-0.4, -0.2) is 14.8 Å². The Morgan fingerprint density at radius 2 is 1.89 bits per heavy atom. The van der Waals surface area contributed by atoms with Crippen molar-refractivity contribution in [3.8, 4) is 17.0 Å². The van der Waals surface area contributed by atoms with Gasteiger partial charge in [-0.3, -0.25) is 9.36 Å². The number of aliphatic hydroxyl groups excluding tert-OH is 1. The fourth-order valence-electron chi connectivity index (χ4n) is 1.72. The minimum Gasteiger partial charge on any atom is -0.506 e. The Morgan fingerprint density at radius 3 is 2.47 bits per heavy atom. The minimum atomic E-state index is -0.698. The summed E-state index contributed by atoms with van der Waals surface area (Å²) in [6, 6.07) is 4.51. The second-order valence-corrected chi connectivity index (χ2v) is 4.54. The lowest BCUT2D eigenvalue weighted by molar-refractivity contribution is 0.206. The SMILES string of the molecule is O=c1c(Cl)cc(O)c(-c2ccc(F)cc2Cl)n1CO. The van der Waals surface area contributed by atoms with Crippen LogP contribution in [0.25, 0.3) is 11.3 Å². The number of aromatic hydroxyl groups is 1. The van der Waals surface area contributed by atoms with Crippen molar-refractivity contribution < 1.29 is 14.6 Å². The maximum Gasteiger partial charge on any atom is 0.271 e. The van der Waals surface area contributed by atoms with E-state index in [0.717, 1.165) is 22.8 Å². The number of rotatable bonds is 2. The van der Waals surface area contributed by atoms with Crippen LogP contribution in [0.3, 0.4) is 0 Å². The molecule has 0 bridgehead atoms. The van der Waals surface area contributed by atoms with Crippen molar-refractivity contribution in [2.45, 2.75) is 6.73 Å². The molecule has 2 aromatic rings. The molecule has 0 fully saturated rings. The van der Waals surface area contributed by atoms with Crippen LogP contribution in [0, 0.1) is 5.82 Å². The van der Waals surface area contributed by atoms with Gasteiger partial charge >= 0.3 is 0 Å². The zero-order valence-corrected chi connectivity index (χ0v) is 10.9. The molecule has 0 aliphatic heterocycles. The molecule has 0 amide bonds. The first-order valence-electron chi connectivity index (χ1n) is 5.14. The molecule has 0 saturated carbocycles. The van der Waals surface area contributed by atoms with Gasteiger partial charge in [0.05, 0.1) is 10.7 Å². The fraction of sp³-hybridized carbons (Fsp3) is 0.0833. The van der Waals surface area contributed by atoms with Crippen molar-refractivity contribution in [1.82, 2.24) is 4.57 Å². The van der Waals surface area contributed by atoms with Gasteiger partial charge in [-0.1, -0.05) is 23.2 Å². The number of hydrogen-bond donors (Lipinski definition) is 2. The molecule has 0 saturated heterocycles. The highest BCUT2D eigenvalue weighted by atomic mass is 35.5. The number of hydrogen-bond acceptors (Lipinski definition) is 3. The van der Waals surface area contributed by atoms with Crippen molar-refractivity contribution in [2.24, 2.45) is 0 Å². The van der Waals surface area contributed by atoms with Gasteiger partial charge in [-0.2, -0.15) is 0 Å². The first kappa shape index (κ1) is 13.9. The number of nitrogens with zero attached hydrogens (tertiary/aromatic N) is 1. The first-order chi connectivity index (χ1) is 8.95. The molecule has 0 radical (unpaired) electrons. The van der Waals surface area contributed by atoms with Gasteiger partial charge in [0.25, 0.3) is 5.56 Å². The second-order valence-electron chi connectivity index (χ2n) is 3.72. The summed E-state index contributed by atoms with van der Waals surface area (Å²) in [4.78, 5) is 11.8. The van der Waals surface area contributed by atoms with Crippen molar-refractivity contribution in [1.29, 1.82) is 0 Å². The standard InChI is InChI=1S/C12H8Cl2FNO3/c13-8-3-6(15)1-2-7(8)11-10(18)4-9(14)12(19)16(11)5-17/h1-4,17-18H,5H2. The van der Waals surface area contributed by atoms with Gasteiger partial charge in [0.1, 0.15) is 23.3 Å². The highest BCUT2D eigenvalue weighted by Crippen LogP contribution is 2.34. The number of halogens is 3. The van der Waals surface area contributed by atoms with Crippen LogP contribution in [-0.2, 0) is 6.73 Å². The lowest BCUT2D eigenvalue weighted by Crippen LogP contribution is -2.22. The van der Waals surface area contributed by atoms with Gasteiger partial charge in [-0.15, -0.1) is 0 Å². The third-order valence-electron chi connectivity index (χ3n) is 2.55. The molecule has 0 unspecified atom stereocenters. The fourth-order valence-corrected chi connectivity index (χ4v) is 2.18. The number of aliphatic hydroxyl groups is 1. The Morgan fingerprint density at radius 1 is 1.21 bits per heavy atom. The molecule has 2 N–H and O–H groups in total. The molecular formula is C12H8Cl2FNO3. The molecule has 1 aromatic carbocycles. The summed E-state index contributed by atoms with van der Waals surface area (Å²) in [6.07, 6.45) is 0. The summed E-state index contributed by atoms with van der Waals surface area (Å²) in [5.74, 6) is -0.896. The van der Waals surface area contributed by atoms with Crippen LogP contribution < -0.4 is 5.56 Å². The zero-order valence-electron chi connectivity index (χ0n) is 9.40. The van der Waals surface area contributed by atoms with Crippen LogP contribution in [0.1, 0.15) is 0 Å². The van der Waals surface area contributed by atoms with E-state index in [1.165, 1.54) is 6.07 Å². The van der Waals surface area contributed by atoms with Crippen molar-refractivity contribution in [2.75, 3.05) is 0 Å². The third-order valence-corrected chi connectivity index (χ3v) is 3.14. The average Bonchev–Trinajstić information content (AvgIpc) is 2.34. The molecule has 0 atom stereocenters. The third kappa shape index (κ3) is 2.45. The van der Waals surface area contributed by atoms with Crippen LogP contribution in [0.2, 0.25) is 10.0 Å². The zero-order chi connectivity index (χ0) is 14.2. The molecule has 2 rings (SSSR count). The summed E-state index contributed by atoms with van der Waals surface area (Å²) in [6.45, 7) is -0.698. The Bertz CT molecular complexity index is 700. The van der Waals surface area contributed by atoms with Gasteiger partial charge in [-0.05, 0) is 18.2 Å². The van der Waals surface area contributed by atoms with Crippen molar-refractivity contribution in [3.05, 3.63) is 50.5 Å². The van der Waals surface area contributed by atoms with Crippen molar-refractivity contribution in [3.63, 3.8) is 0 Å². The average molecular weight is 304 g/mol. The van der Waals surface area contributed by atoms with Crippen molar-refractivity contribution >= 4 is 23.2 Å². The Labute approximate surface area is 117 Å². The monoisotopic (exact) mass is 303 g/mol. The normalized spacial score (nSPS) is 10.7. The lowest BCUT2D eigenvalue weighted by atomic mass is 10.1. The highest BCUT2D eigenvalue weighted by molar-refractivity contribution is 6.33. The quantitative estimate of drug-likeness (QED) is 0.896. The van der Waals surface area contributed by atoms with E-state index < -0.39 is 18.1 Å². The summed E-state index contributed by atoms with van der Waals surface area (Å²) in [5.41, 5.74) is -0.498. The summed E-state index contributed by atoms with van der Waals surface area (Å²) < 4.78 is 13.8. The van der Waals surface area contributed by atoms with E-state index in [4.69, 9.17) is 23.2 Å². The smallest absolute Gasteiger partial charge is 0.271 e. The van der Waals surface area contributed by atoms with E-state index in [1.54, 1.807) is 0 Å². The summed E-state index contributed by atoms with van der Waals surface area (Å²) >= 11 is 11.5. The molecule has 100 valence electrons. The largest absolute Gasteiger partial charge is 0.506 e. The van der Waals surface area contributed by atoms with Gasteiger partial charge in [0, 0.05) is 11.6 Å². The molecule has 0 aliphatic carbocycles. The van der Waals surface area contributed by atoms with Crippen LogP contribution in [0.5, 0.6) is 5.75 Å².